The lowest BCUT2D eigenvalue weighted by Crippen LogP contribution is -2.34. The molecule has 166 valence electrons. The highest BCUT2D eigenvalue weighted by atomic mass is 16.6. The first-order chi connectivity index (χ1) is 14.6. The van der Waals surface area contributed by atoms with E-state index in [-0.39, 0.29) is 24.8 Å². The number of nitrogens with one attached hydrogen (secondary N) is 3. The molecule has 2 rings (SSSR count). The van der Waals surface area contributed by atoms with Gasteiger partial charge in [0.2, 0.25) is 11.8 Å². The number of alkyl carbamates (subject to hydrolysis) is 1. The average molecular weight is 426 g/mol. The van der Waals surface area contributed by atoms with Crippen LogP contribution in [0.1, 0.15) is 44.7 Å². The van der Waals surface area contributed by atoms with Crippen molar-refractivity contribution in [3.63, 3.8) is 0 Å². The van der Waals surface area contributed by atoms with Gasteiger partial charge in [0.15, 0.2) is 0 Å². The monoisotopic (exact) mass is 425 g/mol. The van der Waals surface area contributed by atoms with E-state index in [0.29, 0.717) is 24.2 Å². The number of rotatable bonds is 8. The Labute approximate surface area is 183 Å². The second kappa shape index (κ2) is 11.2. The van der Waals surface area contributed by atoms with Gasteiger partial charge >= 0.3 is 6.09 Å². The number of carbonyl (C=O) groups excluding carboxylic acids is 3. The Balaban J connectivity index is 1.84. The molecule has 0 spiro atoms. The molecule has 0 unspecified atom stereocenters. The lowest BCUT2D eigenvalue weighted by atomic mass is 10.0. The van der Waals surface area contributed by atoms with Gasteiger partial charge in [0.1, 0.15) is 5.60 Å². The van der Waals surface area contributed by atoms with Crippen LogP contribution in [-0.2, 0) is 20.7 Å². The average Bonchev–Trinajstić information content (AvgIpc) is 2.67. The summed E-state index contributed by atoms with van der Waals surface area (Å²) >= 11 is 0. The smallest absolute Gasteiger partial charge is 0.407 e. The van der Waals surface area contributed by atoms with E-state index in [1.807, 2.05) is 31.2 Å². The van der Waals surface area contributed by atoms with Crippen LogP contribution in [0.5, 0.6) is 0 Å². The topological polar surface area (TPSA) is 96.5 Å². The molecule has 0 aliphatic rings. The molecule has 0 saturated carbocycles. The van der Waals surface area contributed by atoms with Crippen molar-refractivity contribution < 1.29 is 19.1 Å². The predicted octanol–water partition coefficient (Wildman–Crippen LogP) is 4.42. The Hall–Kier alpha value is -3.35. The molecule has 0 radical (unpaired) electrons. The standard InChI is InChI=1S/C24H31N3O4/c1-17-9-5-6-10-18(17)13-14-21(28)26-19-11-7-8-12-20(19)27-22(29)15-16-25-23(30)31-24(2,3)4/h5-12H,13-16H2,1-4H3,(H,25,30)(H,26,28)(H,27,29). The number of carbonyl (C=O) groups is 3. The highest BCUT2D eigenvalue weighted by Crippen LogP contribution is 2.21. The minimum absolute atomic E-state index is 0.0782. The summed E-state index contributed by atoms with van der Waals surface area (Å²) in [6, 6.07) is 15.0. The van der Waals surface area contributed by atoms with Crippen LogP contribution in [0.15, 0.2) is 48.5 Å². The number of hydrogen-bond donors (Lipinski definition) is 3. The van der Waals surface area contributed by atoms with Crippen molar-refractivity contribution in [2.75, 3.05) is 17.2 Å². The summed E-state index contributed by atoms with van der Waals surface area (Å²) in [7, 11) is 0. The fourth-order valence-electron chi connectivity index (χ4n) is 2.86. The highest BCUT2D eigenvalue weighted by Gasteiger charge is 2.16. The maximum atomic E-state index is 12.4. The molecule has 2 aromatic carbocycles. The normalized spacial score (nSPS) is 10.8. The molecule has 0 atom stereocenters. The van der Waals surface area contributed by atoms with Gasteiger partial charge in [-0.2, -0.15) is 0 Å². The van der Waals surface area contributed by atoms with Crippen LogP contribution in [-0.4, -0.2) is 30.1 Å². The van der Waals surface area contributed by atoms with E-state index in [4.69, 9.17) is 4.74 Å². The van der Waals surface area contributed by atoms with Crippen molar-refractivity contribution in [3.05, 3.63) is 59.7 Å². The lowest BCUT2D eigenvalue weighted by Gasteiger charge is -2.19. The largest absolute Gasteiger partial charge is 0.444 e. The summed E-state index contributed by atoms with van der Waals surface area (Å²) < 4.78 is 5.13. The van der Waals surface area contributed by atoms with Crippen molar-refractivity contribution in [2.24, 2.45) is 0 Å². The first-order valence-corrected chi connectivity index (χ1v) is 10.3. The Kier molecular flexibility index (Phi) is 8.61. The summed E-state index contributed by atoms with van der Waals surface area (Å²) in [5.74, 6) is -0.408. The van der Waals surface area contributed by atoms with Crippen molar-refractivity contribution >= 4 is 29.3 Å². The molecule has 0 saturated heterocycles. The van der Waals surface area contributed by atoms with E-state index in [9.17, 15) is 14.4 Å². The number of ether oxygens (including phenoxy) is 1. The number of anilines is 2. The molecule has 0 aromatic heterocycles. The van der Waals surface area contributed by atoms with Gasteiger partial charge in [0.05, 0.1) is 11.4 Å². The number of aryl methyl sites for hydroxylation is 2. The first kappa shape index (κ1) is 23.9. The summed E-state index contributed by atoms with van der Waals surface area (Å²) in [4.78, 5) is 36.3. The number of para-hydroxylation sites is 2. The zero-order chi connectivity index (χ0) is 22.9. The molecule has 2 aromatic rings. The molecule has 0 fully saturated rings. The van der Waals surface area contributed by atoms with Crippen LogP contribution < -0.4 is 16.0 Å². The summed E-state index contributed by atoms with van der Waals surface area (Å²) in [5.41, 5.74) is 2.74. The molecular weight excluding hydrogens is 394 g/mol. The Morgan fingerprint density at radius 2 is 1.39 bits per heavy atom. The minimum Gasteiger partial charge on any atom is -0.444 e. The van der Waals surface area contributed by atoms with Crippen LogP contribution in [0.3, 0.4) is 0 Å². The van der Waals surface area contributed by atoms with Gasteiger partial charge < -0.3 is 20.7 Å². The van der Waals surface area contributed by atoms with E-state index in [0.717, 1.165) is 11.1 Å². The fourth-order valence-corrected chi connectivity index (χ4v) is 2.86. The van der Waals surface area contributed by atoms with Gasteiger partial charge in [-0.3, -0.25) is 9.59 Å². The first-order valence-electron chi connectivity index (χ1n) is 10.3. The number of benzene rings is 2. The summed E-state index contributed by atoms with van der Waals surface area (Å²) in [6.07, 6.45) is 0.493. The Morgan fingerprint density at radius 3 is 1.97 bits per heavy atom. The Bertz CT molecular complexity index is 919. The molecule has 0 bridgehead atoms. The van der Waals surface area contributed by atoms with Gasteiger partial charge in [-0.1, -0.05) is 36.4 Å². The van der Waals surface area contributed by atoms with Gasteiger partial charge in [0, 0.05) is 19.4 Å². The molecule has 7 heteroatoms. The lowest BCUT2D eigenvalue weighted by molar-refractivity contribution is -0.117. The zero-order valence-electron chi connectivity index (χ0n) is 18.6. The second-order valence-corrected chi connectivity index (χ2v) is 8.25. The van der Waals surface area contributed by atoms with Gasteiger partial charge in [-0.15, -0.1) is 0 Å². The zero-order valence-corrected chi connectivity index (χ0v) is 18.6. The third-order valence-corrected chi connectivity index (χ3v) is 4.38. The molecule has 0 heterocycles. The minimum atomic E-state index is -0.595. The molecule has 31 heavy (non-hydrogen) atoms. The molecule has 0 aliphatic heterocycles. The van der Waals surface area contributed by atoms with Crippen molar-refractivity contribution in [2.45, 2.75) is 52.6 Å². The molecule has 7 nitrogen and oxygen atoms in total. The Morgan fingerprint density at radius 1 is 0.839 bits per heavy atom. The second-order valence-electron chi connectivity index (χ2n) is 8.25. The van der Waals surface area contributed by atoms with Crippen molar-refractivity contribution in [1.29, 1.82) is 0 Å². The van der Waals surface area contributed by atoms with E-state index in [2.05, 4.69) is 16.0 Å². The summed E-state index contributed by atoms with van der Waals surface area (Å²) in [6.45, 7) is 7.48. The van der Waals surface area contributed by atoms with Crippen LogP contribution in [0, 0.1) is 6.92 Å². The van der Waals surface area contributed by atoms with E-state index in [1.165, 1.54) is 0 Å². The number of amides is 3. The summed E-state index contributed by atoms with van der Waals surface area (Å²) in [5, 5.41) is 8.19. The predicted molar refractivity (Wildman–Crippen MR) is 122 cm³/mol. The van der Waals surface area contributed by atoms with Gasteiger partial charge in [-0.25, -0.2) is 4.79 Å². The fraction of sp³-hybridized carbons (Fsp3) is 0.375. The third-order valence-electron chi connectivity index (χ3n) is 4.38. The van der Waals surface area contributed by atoms with E-state index < -0.39 is 11.7 Å². The van der Waals surface area contributed by atoms with Crippen molar-refractivity contribution in [3.8, 4) is 0 Å². The van der Waals surface area contributed by atoms with Gasteiger partial charge in [-0.05, 0) is 57.4 Å². The van der Waals surface area contributed by atoms with Gasteiger partial charge in [0.25, 0.3) is 0 Å². The van der Waals surface area contributed by atoms with Crippen molar-refractivity contribution in [1.82, 2.24) is 5.32 Å². The van der Waals surface area contributed by atoms with Crippen LogP contribution in [0.4, 0.5) is 16.2 Å². The van der Waals surface area contributed by atoms with Crippen LogP contribution >= 0.6 is 0 Å². The third kappa shape index (κ3) is 8.90. The number of hydrogen-bond acceptors (Lipinski definition) is 4. The maximum absolute atomic E-state index is 12.4. The van der Waals surface area contributed by atoms with Crippen LogP contribution in [0.25, 0.3) is 0 Å². The molecular formula is C24H31N3O4. The molecule has 0 aliphatic carbocycles. The highest BCUT2D eigenvalue weighted by molar-refractivity contribution is 5.99. The maximum Gasteiger partial charge on any atom is 0.407 e. The molecule has 3 amide bonds. The molecule has 3 N–H and O–H groups in total. The van der Waals surface area contributed by atoms with Crippen LogP contribution in [0.2, 0.25) is 0 Å². The quantitative estimate of drug-likeness (QED) is 0.583. The SMILES string of the molecule is Cc1ccccc1CCC(=O)Nc1ccccc1NC(=O)CCNC(=O)OC(C)(C)C. The van der Waals surface area contributed by atoms with E-state index in [1.54, 1.807) is 45.0 Å². The van der Waals surface area contributed by atoms with E-state index >= 15 is 0 Å².